The molecule has 0 aliphatic carbocycles. The zero-order chi connectivity index (χ0) is 16.7. The summed E-state index contributed by atoms with van der Waals surface area (Å²) in [5.41, 5.74) is 0.849. The van der Waals surface area contributed by atoms with Crippen LogP contribution in [0.25, 0.3) is 0 Å². The molecular formula is C18H21ClN2O2. The lowest BCUT2D eigenvalue weighted by Crippen LogP contribution is -2.42. The molecule has 2 aromatic carbocycles. The largest absolute Gasteiger partial charge is 0.388 e. The van der Waals surface area contributed by atoms with Gasteiger partial charge in [-0.2, -0.15) is 0 Å². The number of hydrogen-bond donors (Lipinski definition) is 3. The number of rotatable bonds is 6. The summed E-state index contributed by atoms with van der Waals surface area (Å²) >= 11 is 5.79. The molecule has 0 bridgehead atoms. The second-order valence-electron chi connectivity index (χ2n) is 5.80. The van der Waals surface area contributed by atoms with Crippen LogP contribution in [0.4, 0.5) is 10.5 Å². The first-order valence-electron chi connectivity index (χ1n) is 7.51. The van der Waals surface area contributed by atoms with E-state index in [4.69, 9.17) is 11.6 Å². The van der Waals surface area contributed by atoms with Crippen molar-refractivity contribution >= 4 is 23.3 Å². The monoisotopic (exact) mass is 332 g/mol. The first-order valence-corrected chi connectivity index (χ1v) is 7.89. The molecule has 122 valence electrons. The van der Waals surface area contributed by atoms with Gasteiger partial charge in [-0.25, -0.2) is 4.79 Å². The van der Waals surface area contributed by atoms with Crippen molar-refractivity contribution in [1.29, 1.82) is 0 Å². The van der Waals surface area contributed by atoms with Crippen molar-refractivity contribution in [1.82, 2.24) is 5.32 Å². The highest BCUT2D eigenvalue weighted by Gasteiger charge is 2.21. The number of benzene rings is 2. The summed E-state index contributed by atoms with van der Waals surface area (Å²) in [4.78, 5) is 11.9. The molecule has 0 heterocycles. The van der Waals surface area contributed by atoms with E-state index in [9.17, 15) is 9.90 Å². The molecule has 0 aromatic heterocycles. The van der Waals surface area contributed by atoms with Crippen molar-refractivity contribution in [3.8, 4) is 0 Å². The smallest absolute Gasteiger partial charge is 0.319 e. The normalized spacial score (nSPS) is 13.2. The molecule has 2 aromatic rings. The number of amides is 2. The molecule has 2 amide bonds. The Labute approximate surface area is 141 Å². The number of carbonyl (C=O) groups is 1. The predicted octanol–water partition coefficient (Wildman–Crippen LogP) is 3.85. The highest BCUT2D eigenvalue weighted by Crippen LogP contribution is 2.15. The van der Waals surface area contributed by atoms with E-state index in [1.165, 1.54) is 5.56 Å². The van der Waals surface area contributed by atoms with Crippen molar-refractivity contribution in [2.24, 2.45) is 0 Å². The molecule has 0 aliphatic heterocycles. The quantitative estimate of drug-likeness (QED) is 0.752. The molecule has 0 spiro atoms. The number of hydrogen-bond acceptors (Lipinski definition) is 2. The average Bonchev–Trinajstić information content (AvgIpc) is 2.55. The molecule has 3 N–H and O–H groups in total. The summed E-state index contributed by atoms with van der Waals surface area (Å²) in [7, 11) is 0. The minimum absolute atomic E-state index is 0.180. The molecule has 23 heavy (non-hydrogen) atoms. The Morgan fingerprint density at radius 1 is 1.13 bits per heavy atom. The van der Waals surface area contributed by atoms with Crippen molar-refractivity contribution < 1.29 is 9.90 Å². The summed E-state index contributed by atoms with van der Waals surface area (Å²) in [6.45, 7) is 1.90. The minimum atomic E-state index is -0.965. The Hall–Kier alpha value is -2.04. The van der Waals surface area contributed by atoms with E-state index in [1.807, 2.05) is 30.3 Å². The lowest BCUT2D eigenvalue weighted by atomic mass is 9.97. The SMILES string of the molecule is CC(O)(CCc1ccccc1)CNC(=O)Nc1ccc(Cl)cc1. The van der Waals surface area contributed by atoms with Gasteiger partial charge in [-0.15, -0.1) is 0 Å². The molecule has 0 saturated heterocycles. The number of carbonyl (C=O) groups excluding carboxylic acids is 1. The standard InChI is InChI=1S/C18H21ClN2O2/c1-18(23,12-11-14-5-3-2-4-6-14)13-20-17(22)21-16-9-7-15(19)8-10-16/h2-10,23H,11-13H2,1H3,(H2,20,21,22). The Balaban J connectivity index is 1.76. The first kappa shape index (κ1) is 17.3. The van der Waals surface area contributed by atoms with Crippen LogP contribution in [0.1, 0.15) is 18.9 Å². The van der Waals surface area contributed by atoms with E-state index in [-0.39, 0.29) is 12.6 Å². The van der Waals surface area contributed by atoms with Gasteiger partial charge in [-0.1, -0.05) is 41.9 Å². The van der Waals surface area contributed by atoms with Gasteiger partial charge in [0.1, 0.15) is 0 Å². The zero-order valence-electron chi connectivity index (χ0n) is 13.1. The summed E-state index contributed by atoms with van der Waals surface area (Å²) in [6.07, 6.45) is 1.33. The molecule has 0 radical (unpaired) electrons. The highest BCUT2D eigenvalue weighted by atomic mass is 35.5. The molecule has 4 nitrogen and oxygen atoms in total. The molecule has 1 unspecified atom stereocenters. The minimum Gasteiger partial charge on any atom is -0.388 e. The molecule has 0 saturated carbocycles. The van der Waals surface area contributed by atoms with Crippen LogP contribution in [0.3, 0.4) is 0 Å². The van der Waals surface area contributed by atoms with E-state index >= 15 is 0 Å². The van der Waals surface area contributed by atoms with Gasteiger partial charge >= 0.3 is 6.03 Å². The number of aliphatic hydroxyl groups is 1. The summed E-state index contributed by atoms with van der Waals surface area (Å²) in [6, 6.07) is 16.4. The Bertz CT molecular complexity index is 627. The lowest BCUT2D eigenvalue weighted by molar-refractivity contribution is 0.0539. The van der Waals surface area contributed by atoms with Gasteiger partial charge in [0.15, 0.2) is 0 Å². The molecule has 1 atom stereocenters. The Morgan fingerprint density at radius 3 is 2.43 bits per heavy atom. The van der Waals surface area contributed by atoms with E-state index in [0.29, 0.717) is 17.1 Å². The topological polar surface area (TPSA) is 61.4 Å². The molecule has 5 heteroatoms. The van der Waals surface area contributed by atoms with Gasteiger partial charge in [0.05, 0.1) is 5.60 Å². The molecular weight excluding hydrogens is 312 g/mol. The fourth-order valence-corrected chi connectivity index (χ4v) is 2.25. The fourth-order valence-electron chi connectivity index (χ4n) is 2.13. The third-order valence-electron chi connectivity index (χ3n) is 3.53. The van der Waals surface area contributed by atoms with Gasteiger partial charge in [0.25, 0.3) is 0 Å². The van der Waals surface area contributed by atoms with Gasteiger partial charge in [-0.05, 0) is 49.6 Å². The van der Waals surface area contributed by atoms with E-state index < -0.39 is 5.60 Å². The third kappa shape index (κ3) is 6.30. The Morgan fingerprint density at radius 2 is 1.78 bits per heavy atom. The maximum Gasteiger partial charge on any atom is 0.319 e. The summed E-state index contributed by atoms with van der Waals surface area (Å²) < 4.78 is 0. The van der Waals surface area contributed by atoms with E-state index in [0.717, 1.165) is 6.42 Å². The number of halogens is 1. The van der Waals surface area contributed by atoms with Crippen molar-refractivity contribution in [3.63, 3.8) is 0 Å². The van der Waals surface area contributed by atoms with Gasteiger partial charge < -0.3 is 15.7 Å². The van der Waals surface area contributed by atoms with Crippen LogP contribution >= 0.6 is 11.6 Å². The zero-order valence-corrected chi connectivity index (χ0v) is 13.8. The van der Waals surface area contributed by atoms with Crippen LogP contribution in [0, 0.1) is 0 Å². The van der Waals surface area contributed by atoms with Gasteiger partial charge in [0.2, 0.25) is 0 Å². The maximum absolute atomic E-state index is 11.9. The van der Waals surface area contributed by atoms with Crippen LogP contribution < -0.4 is 10.6 Å². The number of nitrogens with one attached hydrogen (secondary N) is 2. The third-order valence-corrected chi connectivity index (χ3v) is 3.78. The summed E-state index contributed by atoms with van der Waals surface area (Å²) in [5, 5.41) is 16.4. The van der Waals surface area contributed by atoms with Gasteiger partial charge in [0, 0.05) is 17.3 Å². The second kappa shape index (κ2) is 7.99. The van der Waals surface area contributed by atoms with Crippen LogP contribution in [0.15, 0.2) is 54.6 Å². The number of aryl methyl sites for hydroxylation is 1. The lowest BCUT2D eigenvalue weighted by Gasteiger charge is -2.23. The highest BCUT2D eigenvalue weighted by molar-refractivity contribution is 6.30. The molecule has 0 fully saturated rings. The molecule has 0 aliphatic rings. The fraction of sp³-hybridized carbons (Fsp3) is 0.278. The maximum atomic E-state index is 11.9. The van der Waals surface area contributed by atoms with Crippen LogP contribution in [-0.2, 0) is 6.42 Å². The summed E-state index contributed by atoms with van der Waals surface area (Å²) in [5.74, 6) is 0. The van der Waals surface area contributed by atoms with Crippen LogP contribution in [-0.4, -0.2) is 23.3 Å². The van der Waals surface area contributed by atoms with Crippen molar-refractivity contribution in [2.75, 3.05) is 11.9 Å². The Kier molecular flexibility index (Phi) is 6.02. The van der Waals surface area contributed by atoms with Crippen LogP contribution in [0.5, 0.6) is 0 Å². The van der Waals surface area contributed by atoms with Crippen molar-refractivity contribution in [2.45, 2.75) is 25.4 Å². The van der Waals surface area contributed by atoms with Crippen molar-refractivity contribution in [3.05, 3.63) is 65.2 Å². The van der Waals surface area contributed by atoms with E-state index in [2.05, 4.69) is 10.6 Å². The average molecular weight is 333 g/mol. The van der Waals surface area contributed by atoms with Gasteiger partial charge in [-0.3, -0.25) is 0 Å². The second-order valence-corrected chi connectivity index (χ2v) is 6.23. The number of urea groups is 1. The van der Waals surface area contributed by atoms with Crippen LogP contribution in [0.2, 0.25) is 5.02 Å². The first-order chi connectivity index (χ1) is 10.9. The molecule has 2 rings (SSSR count). The predicted molar refractivity (Wildman–Crippen MR) is 93.9 cm³/mol. The van der Waals surface area contributed by atoms with E-state index in [1.54, 1.807) is 31.2 Å². The number of anilines is 1.